The number of hydrogen-bond acceptors (Lipinski definition) is 8. The fraction of sp³-hybridized carbons (Fsp3) is 0.282. The number of carbonyl (C=O) groups is 1. The molecule has 0 aliphatic heterocycles. The highest BCUT2D eigenvalue weighted by Gasteiger charge is 2.23. The summed E-state index contributed by atoms with van der Waals surface area (Å²) in [4.78, 5) is 12.9. The highest BCUT2D eigenvalue weighted by atomic mass is 32.2. The third-order valence-electron chi connectivity index (χ3n) is 8.73. The highest BCUT2D eigenvalue weighted by Crippen LogP contribution is 2.34. The summed E-state index contributed by atoms with van der Waals surface area (Å²) >= 11 is 0. The molecular weight excluding hydrogens is 687 g/mol. The largest absolute Gasteiger partial charge is 0.356 e. The van der Waals surface area contributed by atoms with Crippen LogP contribution in [0.1, 0.15) is 59.4 Å². The van der Waals surface area contributed by atoms with Gasteiger partial charge in [-0.15, -0.1) is 0 Å². The van der Waals surface area contributed by atoms with Crippen LogP contribution in [-0.2, 0) is 36.2 Å². The second-order valence-corrected chi connectivity index (χ2v) is 17.5. The molecule has 0 fully saturated rings. The van der Waals surface area contributed by atoms with E-state index in [2.05, 4.69) is 59.7 Å². The van der Waals surface area contributed by atoms with Crippen LogP contribution in [-0.4, -0.2) is 65.7 Å². The Bertz CT molecular complexity index is 2190. The fourth-order valence-electron chi connectivity index (χ4n) is 5.58. The Balaban J connectivity index is 1.40. The van der Waals surface area contributed by atoms with E-state index in [0.29, 0.717) is 17.7 Å². The number of benzene rings is 4. The minimum atomic E-state index is -3.67. The molecule has 5 rings (SSSR count). The van der Waals surface area contributed by atoms with Gasteiger partial charge in [-0.25, -0.2) is 12.7 Å². The van der Waals surface area contributed by atoms with Gasteiger partial charge in [-0.3, -0.25) is 8.98 Å². The zero-order chi connectivity index (χ0) is 37.0. The molecular formula is C39H43N3O7S2. The van der Waals surface area contributed by atoms with Crippen LogP contribution in [0.2, 0.25) is 0 Å². The lowest BCUT2D eigenvalue weighted by atomic mass is 9.83. The molecule has 268 valence electrons. The molecule has 0 aliphatic carbocycles. The Morgan fingerprint density at radius 3 is 2.10 bits per heavy atom. The lowest BCUT2D eigenvalue weighted by molar-refractivity contribution is 0.0956. The predicted molar refractivity (Wildman–Crippen MR) is 199 cm³/mol. The first-order valence-corrected chi connectivity index (χ1v) is 19.4. The van der Waals surface area contributed by atoms with E-state index in [4.69, 9.17) is 4.52 Å². The minimum Gasteiger partial charge on any atom is -0.356 e. The average Bonchev–Trinajstić information content (AvgIpc) is 3.61. The van der Waals surface area contributed by atoms with Gasteiger partial charge in [0.15, 0.2) is 5.76 Å². The number of rotatable bonds is 13. The number of aromatic nitrogens is 1. The monoisotopic (exact) mass is 729 g/mol. The van der Waals surface area contributed by atoms with Gasteiger partial charge in [0, 0.05) is 43.8 Å². The maximum absolute atomic E-state index is 12.6. The van der Waals surface area contributed by atoms with Crippen LogP contribution in [0.15, 0.2) is 113 Å². The summed E-state index contributed by atoms with van der Waals surface area (Å²) in [6.45, 7) is 6.46. The third kappa shape index (κ3) is 9.19. The van der Waals surface area contributed by atoms with Crippen LogP contribution in [0.3, 0.4) is 0 Å². The van der Waals surface area contributed by atoms with E-state index in [1.807, 2.05) is 42.5 Å². The molecule has 10 nitrogen and oxygen atoms in total. The second kappa shape index (κ2) is 15.3. The minimum absolute atomic E-state index is 0.00874. The summed E-state index contributed by atoms with van der Waals surface area (Å²) < 4.78 is 59.8. The zero-order valence-corrected chi connectivity index (χ0v) is 31.2. The van der Waals surface area contributed by atoms with E-state index >= 15 is 0 Å². The molecule has 1 aromatic heterocycles. The molecule has 0 saturated heterocycles. The lowest BCUT2D eigenvalue weighted by Crippen LogP contribution is -2.29. The number of carbonyl (C=O) groups excluding carboxylic acids is 1. The molecule has 12 heteroatoms. The van der Waals surface area contributed by atoms with Gasteiger partial charge in [-0.2, -0.15) is 8.42 Å². The Hall–Kier alpha value is -4.62. The maximum atomic E-state index is 12.6. The topological polar surface area (TPSA) is 136 Å². The van der Waals surface area contributed by atoms with Crippen molar-refractivity contribution >= 4 is 26.0 Å². The summed E-state index contributed by atoms with van der Waals surface area (Å²) in [5.41, 5.74) is 6.99. The van der Waals surface area contributed by atoms with Crippen molar-refractivity contribution in [3.05, 3.63) is 131 Å². The molecule has 1 amide bonds. The Kier molecular flexibility index (Phi) is 11.3. The number of nitrogens with one attached hydrogen (secondary N) is 1. The summed E-state index contributed by atoms with van der Waals surface area (Å²) in [6.07, 6.45) is 0.580. The van der Waals surface area contributed by atoms with Crippen molar-refractivity contribution in [3.63, 3.8) is 0 Å². The molecule has 1 N–H and O–H groups in total. The van der Waals surface area contributed by atoms with Crippen molar-refractivity contribution in [2.24, 2.45) is 0 Å². The van der Waals surface area contributed by atoms with Gasteiger partial charge in [-0.05, 0) is 70.0 Å². The standard InChI is InChI=1S/C39H43N3O7S2/c1-39(2,3)33-18-14-29(15-19-33)35(24-27-10-12-30(13-11-27)38(43)40-22-23-50(44,45)48-6)36-26-37(49-41-36)32-9-7-8-31(25-32)28-16-20-34(21-17-28)51(46,47)42(4)5/h7-21,25-26,35H,22-24H2,1-6H3,(H,40,43). The number of nitrogens with zero attached hydrogens (tertiary/aromatic N) is 2. The van der Waals surface area contributed by atoms with Gasteiger partial charge < -0.3 is 9.84 Å². The third-order valence-corrected chi connectivity index (χ3v) is 11.8. The highest BCUT2D eigenvalue weighted by molar-refractivity contribution is 7.89. The van der Waals surface area contributed by atoms with Crippen LogP contribution < -0.4 is 5.32 Å². The summed E-state index contributed by atoms with van der Waals surface area (Å²) in [6, 6.07) is 32.3. The molecule has 5 aromatic rings. The van der Waals surface area contributed by atoms with E-state index in [1.165, 1.54) is 24.0 Å². The molecule has 0 radical (unpaired) electrons. The molecule has 1 atom stereocenters. The summed E-state index contributed by atoms with van der Waals surface area (Å²) in [5, 5.41) is 7.15. The molecule has 1 heterocycles. The van der Waals surface area contributed by atoms with Gasteiger partial charge in [0.1, 0.15) is 0 Å². The van der Waals surface area contributed by atoms with Crippen LogP contribution in [0, 0.1) is 0 Å². The van der Waals surface area contributed by atoms with Crippen molar-refractivity contribution in [1.29, 1.82) is 0 Å². The van der Waals surface area contributed by atoms with Crippen LogP contribution in [0.4, 0.5) is 0 Å². The second-order valence-electron chi connectivity index (χ2n) is 13.5. The first-order valence-electron chi connectivity index (χ1n) is 16.4. The zero-order valence-electron chi connectivity index (χ0n) is 29.6. The van der Waals surface area contributed by atoms with Crippen molar-refractivity contribution in [2.45, 2.75) is 43.4 Å². The molecule has 51 heavy (non-hydrogen) atoms. The fourth-order valence-corrected chi connectivity index (χ4v) is 7.00. The number of amides is 1. The van der Waals surface area contributed by atoms with Gasteiger partial charge in [0.2, 0.25) is 10.0 Å². The Morgan fingerprint density at radius 2 is 1.49 bits per heavy atom. The molecule has 0 saturated carbocycles. The SMILES string of the molecule is COS(=O)(=O)CCNC(=O)c1ccc(CC(c2ccc(C(C)(C)C)cc2)c2cc(-c3cccc(-c4ccc(S(=O)(=O)N(C)C)cc4)c3)on2)cc1. The number of hydrogen-bond donors (Lipinski definition) is 1. The first-order chi connectivity index (χ1) is 24.1. The van der Waals surface area contributed by atoms with Crippen molar-refractivity contribution in [2.75, 3.05) is 33.5 Å². The van der Waals surface area contributed by atoms with Crippen molar-refractivity contribution < 1.29 is 30.3 Å². The lowest BCUT2D eigenvalue weighted by Gasteiger charge is -2.21. The van der Waals surface area contributed by atoms with Crippen molar-refractivity contribution in [1.82, 2.24) is 14.8 Å². The van der Waals surface area contributed by atoms with E-state index in [9.17, 15) is 21.6 Å². The van der Waals surface area contributed by atoms with Crippen LogP contribution in [0.5, 0.6) is 0 Å². The van der Waals surface area contributed by atoms with Crippen molar-refractivity contribution in [3.8, 4) is 22.5 Å². The predicted octanol–water partition coefficient (Wildman–Crippen LogP) is 6.64. The van der Waals surface area contributed by atoms with Gasteiger partial charge >= 0.3 is 0 Å². The van der Waals surface area contributed by atoms with E-state index in [0.717, 1.165) is 40.6 Å². The van der Waals surface area contributed by atoms with Crippen LogP contribution in [0.25, 0.3) is 22.5 Å². The molecule has 4 aromatic carbocycles. The first kappa shape index (κ1) is 37.6. The smallest absolute Gasteiger partial charge is 0.268 e. The van der Waals surface area contributed by atoms with Gasteiger partial charge in [0.25, 0.3) is 16.0 Å². The summed E-state index contributed by atoms with van der Waals surface area (Å²) in [7, 11) is -3.10. The van der Waals surface area contributed by atoms with Crippen LogP contribution >= 0.6 is 0 Å². The van der Waals surface area contributed by atoms with Gasteiger partial charge in [0.05, 0.1) is 23.5 Å². The number of sulfonamides is 1. The van der Waals surface area contributed by atoms with E-state index < -0.39 is 20.1 Å². The Labute approximate surface area is 300 Å². The molecule has 0 bridgehead atoms. The van der Waals surface area contributed by atoms with Gasteiger partial charge in [-0.1, -0.05) is 92.7 Å². The normalized spacial score (nSPS) is 12.9. The quantitative estimate of drug-likeness (QED) is 0.133. The molecule has 1 unspecified atom stereocenters. The average molecular weight is 730 g/mol. The van der Waals surface area contributed by atoms with E-state index in [-0.39, 0.29) is 34.4 Å². The molecule has 0 spiro atoms. The maximum Gasteiger partial charge on any atom is 0.268 e. The molecule has 0 aliphatic rings. The Morgan fingerprint density at radius 1 is 0.843 bits per heavy atom. The summed E-state index contributed by atoms with van der Waals surface area (Å²) in [5.74, 6) is -0.258. The van der Waals surface area contributed by atoms with E-state index in [1.54, 1.807) is 36.4 Å².